The van der Waals surface area contributed by atoms with Gasteiger partial charge in [-0.2, -0.15) is 5.48 Å². The summed E-state index contributed by atoms with van der Waals surface area (Å²) in [5, 5.41) is 0. The monoisotopic (exact) mass is 248 g/mol. The van der Waals surface area contributed by atoms with Gasteiger partial charge in [0, 0.05) is 25.3 Å². The lowest BCUT2D eigenvalue weighted by atomic mass is 10.2. The fourth-order valence-corrected chi connectivity index (χ4v) is 2.16. The van der Waals surface area contributed by atoms with Crippen molar-refractivity contribution in [2.24, 2.45) is 5.92 Å². The molecule has 0 amide bonds. The normalized spacial score (nSPS) is 15.6. The summed E-state index contributed by atoms with van der Waals surface area (Å²) in [4.78, 5) is 7.82. The summed E-state index contributed by atoms with van der Waals surface area (Å²) < 4.78 is 0. The summed E-state index contributed by atoms with van der Waals surface area (Å²) in [5.74, 6) is 0.565. The molecular weight excluding hydrogens is 224 g/mol. The summed E-state index contributed by atoms with van der Waals surface area (Å²) in [7, 11) is 0. The highest BCUT2D eigenvalue weighted by atomic mass is 16.6. The summed E-state index contributed by atoms with van der Waals surface area (Å²) in [5.41, 5.74) is 5.62. The van der Waals surface area contributed by atoms with E-state index in [-0.39, 0.29) is 0 Å². The number of nitrogens with one attached hydrogen (secondary N) is 1. The third kappa shape index (κ3) is 4.00. The number of nitrogens with zero attached hydrogens (tertiary/aromatic N) is 1. The number of rotatable bonds is 6. The van der Waals surface area contributed by atoms with E-state index >= 15 is 0 Å². The number of hydrogen-bond donors (Lipinski definition) is 1. The van der Waals surface area contributed by atoms with Crippen molar-refractivity contribution in [3.63, 3.8) is 0 Å². The molecule has 1 aliphatic heterocycles. The lowest BCUT2D eigenvalue weighted by Crippen LogP contribution is -2.18. The standard InChI is InChI=1S/C15H24N2O/c1-13(2)12-18-16-11-14-5-7-15(8-6-14)17-9-3-4-10-17/h5-8,13,16H,3-4,9-12H2,1-2H3. The molecule has 1 N–H and O–H groups in total. The van der Waals surface area contributed by atoms with Crippen molar-refractivity contribution in [2.45, 2.75) is 33.2 Å². The molecule has 0 saturated carbocycles. The van der Waals surface area contributed by atoms with Crippen LogP contribution in [0.1, 0.15) is 32.3 Å². The van der Waals surface area contributed by atoms with Crippen LogP contribution in [0.15, 0.2) is 24.3 Å². The molecule has 1 aromatic carbocycles. The molecule has 18 heavy (non-hydrogen) atoms. The molecule has 0 aromatic heterocycles. The fourth-order valence-electron chi connectivity index (χ4n) is 2.16. The van der Waals surface area contributed by atoms with Crippen LogP contribution in [0.4, 0.5) is 5.69 Å². The zero-order chi connectivity index (χ0) is 12.8. The van der Waals surface area contributed by atoms with Gasteiger partial charge in [-0.05, 0) is 36.5 Å². The number of benzene rings is 1. The maximum absolute atomic E-state index is 5.37. The average Bonchev–Trinajstić information content (AvgIpc) is 2.89. The Morgan fingerprint density at radius 3 is 2.44 bits per heavy atom. The van der Waals surface area contributed by atoms with Gasteiger partial charge in [0.2, 0.25) is 0 Å². The topological polar surface area (TPSA) is 24.5 Å². The van der Waals surface area contributed by atoms with Crippen LogP contribution in [0, 0.1) is 5.92 Å². The fraction of sp³-hybridized carbons (Fsp3) is 0.600. The van der Waals surface area contributed by atoms with Crippen LogP contribution in [-0.2, 0) is 11.4 Å². The highest BCUT2D eigenvalue weighted by molar-refractivity contribution is 5.48. The van der Waals surface area contributed by atoms with Crippen LogP contribution in [-0.4, -0.2) is 19.7 Å². The first-order valence-corrected chi connectivity index (χ1v) is 6.94. The Morgan fingerprint density at radius 2 is 1.83 bits per heavy atom. The molecule has 0 radical (unpaired) electrons. The predicted molar refractivity (Wildman–Crippen MR) is 75.5 cm³/mol. The third-order valence-electron chi connectivity index (χ3n) is 3.20. The predicted octanol–water partition coefficient (Wildman–Crippen LogP) is 2.96. The molecule has 1 fully saturated rings. The van der Waals surface area contributed by atoms with Crippen LogP contribution < -0.4 is 10.4 Å². The summed E-state index contributed by atoms with van der Waals surface area (Å²) >= 11 is 0. The SMILES string of the molecule is CC(C)CONCc1ccc(N2CCCC2)cc1. The van der Waals surface area contributed by atoms with Crippen molar-refractivity contribution in [2.75, 3.05) is 24.6 Å². The number of anilines is 1. The van der Waals surface area contributed by atoms with E-state index < -0.39 is 0 Å². The molecule has 0 aliphatic carbocycles. The average molecular weight is 248 g/mol. The molecule has 1 heterocycles. The molecule has 1 saturated heterocycles. The second kappa shape index (κ2) is 6.76. The van der Waals surface area contributed by atoms with E-state index in [0.29, 0.717) is 5.92 Å². The summed E-state index contributed by atoms with van der Waals surface area (Å²) in [6.07, 6.45) is 2.65. The van der Waals surface area contributed by atoms with Crippen LogP contribution in [0.5, 0.6) is 0 Å². The molecule has 2 rings (SSSR count). The van der Waals surface area contributed by atoms with Crippen molar-refractivity contribution in [1.29, 1.82) is 0 Å². The van der Waals surface area contributed by atoms with E-state index in [9.17, 15) is 0 Å². The molecule has 1 aromatic rings. The van der Waals surface area contributed by atoms with Crippen LogP contribution in [0.2, 0.25) is 0 Å². The van der Waals surface area contributed by atoms with Gasteiger partial charge in [0.25, 0.3) is 0 Å². The first-order valence-electron chi connectivity index (χ1n) is 6.94. The Kier molecular flexibility index (Phi) is 5.02. The smallest absolute Gasteiger partial charge is 0.0705 e. The van der Waals surface area contributed by atoms with Gasteiger partial charge in [-0.3, -0.25) is 0 Å². The quantitative estimate of drug-likeness (QED) is 0.619. The maximum atomic E-state index is 5.37. The van der Waals surface area contributed by atoms with Crippen molar-refractivity contribution in [3.05, 3.63) is 29.8 Å². The van der Waals surface area contributed by atoms with Gasteiger partial charge in [-0.25, -0.2) is 0 Å². The summed E-state index contributed by atoms with van der Waals surface area (Å²) in [6.45, 7) is 8.22. The number of hydroxylamine groups is 1. The van der Waals surface area contributed by atoms with Crippen LogP contribution in [0.3, 0.4) is 0 Å². The van der Waals surface area contributed by atoms with Gasteiger partial charge < -0.3 is 9.74 Å². The van der Waals surface area contributed by atoms with E-state index in [1.54, 1.807) is 0 Å². The third-order valence-corrected chi connectivity index (χ3v) is 3.20. The van der Waals surface area contributed by atoms with Crippen molar-refractivity contribution in [3.8, 4) is 0 Å². The number of hydrogen-bond acceptors (Lipinski definition) is 3. The molecule has 0 unspecified atom stereocenters. The summed E-state index contributed by atoms with van der Waals surface area (Å²) in [6, 6.07) is 8.79. The van der Waals surface area contributed by atoms with Gasteiger partial charge in [-0.15, -0.1) is 0 Å². The van der Waals surface area contributed by atoms with Crippen molar-refractivity contribution < 1.29 is 4.84 Å². The van der Waals surface area contributed by atoms with Gasteiger partial charge in [0.05, 0.1) is 6.61 Å². The van der Waals surface area contributed by atoms with Crippen LogP contribution >= 0.6 is 0 Å². The Morgan fingerprint density at radius 1 is 1.17 bits per heavy atom. The van der Waals surface area contributed by atoms with E-state index in [1.807, 2.05) is 0 Å². The van der Waals surface area contributed by atoms with Crippen molar-refractivity contribution in [1.82, 2.24) is 5.48 Å². The van der Waals surface area contributed by atoms with E-state index in [0.717, 1.165) is 13.2 Å². The second-order valence-electron chi connectivity index (χ2n) is 5.39. The lowest BCUT2D eigenvalue weighted by molar-refractivity contribution is 0.0196. The molecule has 0 bridgehead atoms. The molecule has 1 aliphatic rings. The van der Waals surface area contributed by atoms with Gasteiger partial charge in [-0.1, -0.05) is 26.0 Å². The minimum absolute atomic E-state index is 0.565. The molecule has 0 spiro atoms. The lowest BCUT2D eigenvalue weighted by Gasteiger charge is -2.17. The zero-order valence-corrected chi connectivity index (χ0v) is 11.5. The minimum Gasteiger partial charge on any atom is -0.372 e. The highest BCUT2D eigenvalue weighted by Crippen LogP contribution is 2.20. The highest BCUT2D eigenvalue weighted by Gasteiger charge is 2.11. The Balaban J connectivity index is 1.76. The Bertz CT molecular complexity index is 342. The van der Waals surface area contributed by atoms with E-state index in [1.165, 1.54) is 37.2 Å². The Hall–Kier alpha value is -1.06. The van der Waals surface area contributed by atoms with E-state index in [4.69, 9.17) is 4.84 Å². The second-order valence-corrected chi connectivity index (χ2v) is 5.39. The van der Waals surface area contributed by atoms with E-state index in [2.05, 4.69) is 48.5 Å². The van der Waals surface area contributed by atoms with Crippen molar-refractivity contribution >= 4 is 5.69 Å². The van der Waals surface area contributed by atoms with Crippen LogP contribution in [0.25, 0.3) is 0 Å². The Labute approximate surface area is 110 Å². The molecular formula is C15H24N2O. The molecule has 100 valence electrons. The zero-order valence-electron chi connectivity index (χ0n) is 11.5. The molecule has 3 heteroatoms. The maximum Gasteiger partial charge on any atom is 0.0705 e. The van der Waals surface area contributed by atoms with Gasteiger partial charge >= 0.3 is 0 Å². The van der Waals surface area contributed by atoms with Gasteiger partial charge in [0.1, 0.15) is 0 Å². The molecule has 3 nitrogen and oxygen atoms in total. The minimum atomic E-state index is 0.565. The molecule has 0 atom stereocenters. The first-order chi connectivity index (χ1) is 8.75. The first kappa shape index (κ1) is 13.4. The van der Waals surface area contributed by atoms with Gasteiger partial charge in [0.15, 0.2) is 0 Å². The largest absolute Gasteiger partial charge is 0.372 e.